The summed E-state index contributed by atoms with van der Waals surface area (Å²) in [5.74, 6) is 1.52. The highest BCUT2D eigenvalue weighted by Gasteiger charge is 2.28. The van der Waals surface area contributed by atoms with Crippen LogP contribution in [0.25, 0.3) is 5.70 Å². The van der Waals surface area contributed by atoms with Crippen LogP contribution in [-0.4, -0.2) is 49.3 Å². The van der Waals surface area contributed by atoms with E-state index in [2.05, 4.69) is 40.3 Å². The molecule has 0 aliphatic carbocycles. The maximum absolute atomic E-state index is 6.16. The number of benzene rings is 1. The smallest absolute Gasteiger partial charge is 0.162 e. The highest BCUT2D eigenvalue weighted by atomic mass is 16.5. The summed E-state index contributed by atoms with van der Waals surface area (Å²) in [6, 6.07) is 10.1. The molecular weight excluding hydrogens is 402 g/mol. The average Bonchev–Trinajstić information content (AvgIpc) is 3.36. The lowest BCUT2D eigenvalue weighted by atomic mass is 9.90. The Hall–Kier alpha value is -2.99. The van der Waals surface area contributed by atoms with Crippen molar-refractivity contribution in [2.24, 2.45) is 0 Å². The summed E-state index contributed by atoms with van der Waals surface area (Å²) in [5.41, 5.74) is 7.20. The van der Waals surface area contributed by atoms with Gasteiger partial charge < -0.3 is 24.4 Å². The molecule has 1 unspecified atom stereocenters. The van der Waals surface area contributed by atoms with E-state index >= 15 is 0 Å². The van der Waals surface area contributed by atoms with E-state index in [9.17, 15) is 0 Å². The number of nitrogens with zero attached hydrogens (tertiary/aromatic N) is 2. The molecule has 6 nitrogen and oxygen atoms in total. The molecule has 0 spiro atoms. The predicted octanol–water partition coefficient (Wildman–Crippen LogP) is 3.92. The molecule has 0 bridgehead atoms. The van der Waals surface area contributed by atoms with Crippen molar-refractivity contribution in [1.82, 2.24) is 15.2 Å². The quantitative estimate of drug-likeness (QED) is 0.714. The van der Waals surface area contributed by atoms with Gasteiger partial charge in [0.1, 0.15) is 6.61 Å². The van der Waals surface area contributed by atoms with E-state index in [1.54, 1.807) is 13.3 Å². The van der Waals surface area contributed by atoms with Gasteiger partial charge in [0, 0.05) is 49.4 Å². The number of fused-ring (bicyclic) bond motifs is 3. The lowest BCUT2D eigenvalue weighted by Gasteiger charge is -2.38. The van der Waals surface area contributed by atoms with Gasteiger partial charge in [-0.05, 0) is 67.7 Å². The minimum Gasteiger partial charge on any atom is -0.493 e. The number of hydrogen-bond acceptors (Lipinski definition) is 6. The third kappa shape index (κ3) is 4.19. The molecule has 2 aromatic rings. The molecule has 3 aliphatic heterocycles. The van der Waals surface area contributed by atoms with Gasteiger partial charge in [0.15, 0.2) is 11.5 Å². The van der Waals surface area contributed by atoms with Crippen molar-refractivity contribution in [3.8, 4) is 11.5 Å². The first-order chi connectivity index (χ1) is 15.7. The third-order valence-corrected chi connectivity index (χ3v) is 6.53. The first-order valence-corrected chi connectivity index (χ1v) is 11.5. The number of pyridine rings is 1. The summed E-state index contributed by atoms with van der Waals surface area (Å²) in [4.78, 5) is 6.83. The second-order valence-corrected chi connectivity index (χ2v) is 8.57. The standard InChI is InChI=1S/C26H31N3O3/c1-18-23(28-16-21-7-5-13-31-21)9-12-29-11-8-19-14-24(30-2)25(15-22(19)26(18)29)32-17-20-6-3-4-10-27-20/h3-4,6,9-10,14-15,21,28H,5,7-8,11-13,16-17H2,1-2H3. The van der Waals surface area contributed by atoms with Gasteiger partial charge >= 0.3 is 0 Å². The lowest BCUT2D eigenvalue weighted by molar-refractivity contribution is 0.112. The van der Waals surface area contributed by atoms with Crippen LogP contribution in [0.1, 0.15) is 36.6 Å². The van der Waals surface area contributed by atoms with Crippen molar-refractivity contribution in [2.75, 3.05) is 33.4 Å². The van der Waals surface area contributed by atoms with Crippen LogP contribution in [0, 0.1) is 0 Å². The van der Waals surface area contributed by atoms with Crippen LogP contribution in [-0.2, 0) is 17.8 Å². The van der Waals surface area contributed by atoms with Crippen LogP contribution < -0.4 is 14.8 Å². The molecule has 1 aromatic heterocycles. The fraction of sp³-hybridized carbons (Fsp3) is 0.423. The van der Waals surface area contributed by atoms with Gasteiger partial charge in [-0.3, -0.25) is 4.98 Å². The van der Waals surface area contributed by atoms with Crippen LogP contribution in [0.3, 0.4) is 0 Å². The zero-order chi connectivity index (χ0) is 21.9. The largest absolute Gasteiger partial charge is 0.493 e. The lowest BCUT2D eigenvalue weighted by Crippen LogP contribution is -2.36. The average molecular weight is 434 g/mol. The van der Waals surface area contributed by atoms with Crippen molar-refractivity contribution in [3.05, 3.63) is 70.7 Å². The number of rotatable bonds is 7. The molecule has 0 amide bonds. The second-order valence-electron chi connectivity index (χ2n) is 8.57. The van der Waals surface area contributed by atoms with E-state index in [1.165, 1.54) is 28.1 Å². The minimum atomic E-state index is 0.321. The molecule has 1 fully saturated rings. The molecule has 6 heteroatoms. The highest BCUT2D eigenvalue weighted by molar-refractivity contribution is 5.77. The molecule has 168 valence electrons. The Morgan fingerprint density at radius 3 is 2.97 bits per heavy atom. The van der Waals surface area contributed by atoms with Crippen LogP contribution in [0.2, 0.25) is 0 Å². The molecule has 1 atom stereocenters. The molecule has 1 N–H and O–H groups in total. The third-order valence-electron chi connectivity index (χ3n) is 6.53. The van der Waals surface area contributed by atoms with Gasteiger partial charge in [-0.25, -0.2) is 0 Å². The van der Waals surface area contributed by atoms with Gasteiger partial charge in [-0.15, -0.1) is 0 Å². The number of ether oxygens (including phenoxy) is 3. The summed E-state index contributed by atoms with van der Waals surface area (Å²) in [5, 5.41) is 3.65. The fourth-order valence-electron chi connectivity index (χ4n) is 4.81. The molecule has 1 saturated heterocycles. The summed E-state index contributed by atoms with van der Waals surface area (Å²) < 4.78 is 17.6. The number of methoxy groups -OCH3 is 1. The van der Waals surface area contributed by atoms with Crippen LogP contribution >= 0.6 is 0 Å². The summed E-state index contributed by atoms with van der Waals surface area (Å²) >= 11 is 0. The maximum atomic E-state index is 6.16. The SMILES string of the molecule is COc1cc2c(cc1OCc1ccccn1)C1=C(C)C(NCC3CCCO3)=CCN1CC2. The Labute approximate surface area is 189 Å². The molecule has 3 aliphatic rings. The molecule has 1 aromatic carbocycles. The van der Waals surface area contributed by atoms with E-state index in [4.69, 9.17) is 14.2 Å². The van der Waals surface area contributed by atoms with Crippen molar-refractivity contribution >= 4 is 5.70 Å². The normalized spacial score (nSPS) is 19.9. The second kappa shape index (κ2) is 9.25. The predicted molar refractivity (Wildman–Crippen MR) is 124 cm³/mol. The monoisotopic (exact) mass is 433 g/mol. The minimum absolute atomic E-state index is 0.321. The first kappa shape index (κ1) is 20.9. The zero-order valence-corrected chi connectivity index (χ0v) is 18.9. The summed E-state index contributed by atoms with van der Waals surface area (Å²) in [6.07, 6.45) is 7.71. The van der Waals surface area contributed by atoms with E-state index in [1.807, 2.05) is 18.2 Å². The van der Waals surface area contributed by atoms with Gasteiger partial charge in [0.05, 0.1) is 18.9 Å². The van der Waals surface area contributed by atoms with Crippen molar-refractivity contribution in [3.63, 3.8) is 0 Å². The Morgan fingerprint density at radius 1 is 1.25 bits per heavy atom. The van der Waals surface area contributed by atoms with E-state index in [0.29, 0.717) is 12.7 Å². The Bertz CT molecular complexity index is 1030. The first-order valence-electron chi connectivity index (χ1n) is 11.5. The molecule has 0 radical (unpaired) electrons. The van der Waals surface area contributed by atoms with Gasteiger partial charge in [0.25, 0.3) is 0 Å². The molecule has 0 saturated carbocycles. The van der Waals surface area contributed by atoms with Gasteiger partial charge in [-0.2, -0.15) is 0 Å². The van der Waals surface area contributed by atoms with E-state index in [-0.39, 0.29) is 0 Å². The van der Waals surface area contributed by atoms with E-state index < -0.39 is 0 Å². The Kier molecular flexibility index (Phi) is 6.04. The van der Waals surface area contributed by atoms with Crippen molar-refractivity contribution in [2.45, 2.75) is 38.9 Å². The summed E-state index contributed by atoms with van der Waals surface area (Å²) in [6.45, 7) is 6.29. The molecular formula is C26H31N3O3. The van der Waals surface area contributed by atoms with Crippen molar-refractivity contribution < 1.29 is 14.2 Å². The molecule has 4 heterocycles. The molecule has 32 heavy (non-hydrogen) atoms. The number of hydrogen-bond donors (Lipinski definition) is 1. The van der Waals surface area contributed by atoms with Crippen LogP contribution in [0.15, 0.2) is 53.9 Å². The maximum Gasteiger partial charge on any atom is 0.162 e. The highest BCUT2D eigenvalue weighted by Crippen LogP contribution is 2.41. The van der Waals surface area contributed by atoms with Crippen molar-refractivity contribution in [1.29, 1.82) is 0 Å². The van der Waals surface area contributed by atoms with Crippen LogP contribution in [0.5, 0.6) is 11.5 Å². The van der Waals surface area contributed by atoms with Crippen LogP contribution in [0.4, 0.5) is 0 Å². The Morgan fingerprint density at radius 2 is 2.19 bits per heavy atom. The summed E-state index contributed by atoms with van der Waals surface area (Å²) in [7, 11) is 1.70. The number of nitrogens with one attached hydrogen (secondary N) is 1. The van der Waals surface area contributed by atoms with E-state index in [0.717, 1.165) is 62.7 Å². The topological polar surface area (TPSA) is 55.9 Å². The number of allylic oxidation sites excluding steroid dienone is 1. The zero-order valence-electron chi connectivity index (χ0n) is 18.9. The Balaban J connectivity index is 1.42. The van der Waals surface area contributed by atoms with Gasteiger partial charge in [-0.1, -0.05) is 6.07 Å². The fourth-order valence-corrected chi connectivity index (χ4v) is 4.81. The van der Waals surface area contributed by atoms with Gasteiger partial charge in [0.2, 0.25) is 0 Å². The number of aromatic nitrogens is 1. The molecule has 5 rings (SSSR count).